The summed E-state index contributed by atoms with van der Waals surface area (Å²) in [5, 5.41) is 14.2. The first-order valence-electron chi connectivity index (χ1n) is 7.46. The van der Waals surface area contributed by atoms with Gasteiger partial charge in [0.05, 0.1) is 12.8 Å². The first-order chi connectivity index (χ1) is 12.3. The van der Waals surface area contributed by atoms with Crippen LogP contribution in [0, 0.1) is 0 Å². The molecular formula is C17H12N4O4. The van der Waals surface area contributed by atoms with Gasteiger partial charge in [-0.3, -0.25) is 4.79 Å². The molecule has 0 unspecified atom stereocenters. The van der Waals surface area contributed by atoms with Crippen molar-refractivity contribution in [3.05, 3.63) is 66.4 Å². The van der Waals surface area contributed by atoms with Gasteiger partial charge in [0.2, 0.25) is 17.5 Å². The largest absolute Gasteiger partial charge is 0.461 e. The monoisotopic (exact) mass is 336 g/mol. The van der Waals surface area contributed by atoms with Crippen molar-refractivity contribution >= 4 is 5.91 Å². The SMILES string of the molecule is O=C(NCc1nnc(-c2ccccc2)o1)c1cc(-c2ccco2)on1. The fraction of sp³-hybridized carbons (Fsp3) is 0.0588. The molecule has 0 saturated carbocycles. The van der Waals surface area contributed by atoms with Gasteiger partial charge in [-0.1, -0.05) is 23.4 Å². The topological polar surface area (TPSA) is 107 Å². The number of hydrogen-bond donors (Lipinski definition) is 1. The van der Waals surface area contributed by atoms with E-state index in [1.165, 1.54) is 12.3 Å². The van der Waals surface area contributed by atoms with Crippen LogP contribution in [0.3, 0.4) is 0 Å². The molecule has 3 heterocycles. The standard InChI is InChI=1S/C17H12N4O4/c22-16(12-9-14(25-21-12)13-7-4-8-23-13)18-10-15-19-20-17(24-15)11-5-2-1-3-6-11/h1-9H,10H2,(H,18,22). The Bertz CT molecular complexity index is 973. The zero-order chi connectivity index (χ0) is 17.1. The Morgan fingerprint density at radius 2 is 1.92 bits per heavy atom. The summed E-state index contributed by atoms with van der Waals surface area (Å²) in [6.07, 6.45) is 1.51. The smallest absolute Gasteiger partial charge is 0.273 e. The van der Waals surface area contributed by atoms with E-state index < -0.39 is 5.91 Å². The molecule has 124 valence electrons. The van der Waals surface area contributed by atoms with Crippen molar-refractivity contribution in [3.8, 4) is 23.0 Å². The van der Waals surface area contributed by atoms with Gasteiger partial charge >= 0.3 is 0 Å². The highest BCUT2D eigenvalue weighted by Gasteiger charge is 2.16. The van der Waals surface area contributed by atoms with Crippen LogP contribution in [0.25, 0.3) is 23.0 Å². The first-order valence-corrected chi connectivity index (χ1v) is 7.46. The van der Waals surface area contributed by atoms with E-state index >= 15 is 0 Å². The van der Waals surface area contributed by atoms with E-state index in [1.807, 2.05) is 30.3 Å². The van der Waals surface area contributed by atoms with Gasteiger partial charge in [0.25, 0.3) is 5.91 Å². The van der Waals surface area contributed by atoms with Crippen molar-refractivity contribution in [2.24, 2.45) is 0 Å². The molecule has 0 bridgehead atoms. The van der Waals surface area contributed by atoms with E-state index in [0.717, 1.165) is 5.56 Å². The lowest BCUT2D eigenvalue weighted by atomic mass is 10.2. The van der Waals surface area contributed by atoms with E-state index in [9.17, 15) is 4.79 Å². The van der Waals surface area contributed by atoms with Gasteiger partial charge in [0.15, 0.2) is 11.5 Å². The third kappa shape index (κ3) is 3.18. The fourth-order valence-electron chi connectivity index (χ4n) is 2.19. The Labute approximate surface area is 141 Å². The second kappa shape index (κ2) is 6.44. The molecule has 8 nitrogen and oxygen atoms in total. The highest BCUT2D eigenvalue weighted by atomic mass is 16.5. The summed E-state index contributed by atoms with van der Waals surface area (Å²) in [5.41, 5.74) is 0.946. The van der Waals surface area contributed by atoms with Crippen molar-refractivity contribution in [2.45, 2.75) is 6.54 Å². The molecule has 3 aromatic heterocycles. The van der Waals surface area contributed by atoms with Crippen molar-refractivity contribution in [3.63, 3.8) is 0 Å². The summed E-state index contributed by atoms with van der Waals surface area (Å²) in [6, 6.07) is 14.3. The number of rotatable bonds is 5. The van der Waals surface area contributed by atoms with Crippen LogP contribution in [-0.2, 0) is 6.54 Å². The third-order valence-corrected chi connectivity index (χ3v) is 3.39. The molecule has 1 aromatic carbocycles. The summed E-state index contributed by atoms with van der Waals surface area (Å²) in [5.74, 6) is 1.14. The maximum atomic E-state index is 12.1. The quantitative estimate of drug-likeness (QED) is 0.597. The Morgan fingerprint density at radius 3 is 2.72 bits per heavy atom. The summed E-state index contributed by atoms with van der Waals surface area (Å²) in [6.45, 7) is 0.0849. The van der Waals surface area contributed by atoms with Crippen molar-refractivity contribution in [2.75, 3.05) is 0 Å². The van der Waals surface area contributed by atoms with Crippen molar-refractivity contribution in [1.29, 1.82) is 0 Å². The van der Waals surface area contributed by atoms with E-state index in [-0.39, 0.29) is 12.2 Å². The Hall–Kier alpha value is -3.68. The van der Waals surface area contributed by atoms with Gasteiger partial charge in [0.1, 0.15) is 0 Å². The van der Waals surface area contributed by atoms with E-state index in [1.54, 1.807) is 12.1 Å². The highest BCUT2D eigenvalue weighted by molar-refractivity contribution is 5.92. The molecule has 0 aliphatic heterocycles. The van der Waals surface area contributed by atoms with Crippen LogP contribution in [-0.4, -0.2) is 21.3 Å². The van der Waals surface area contributed by atoms with Gasteiger partial charge < -0.3 is 18.7 Å². The van der Waals surface area contributed by atoms with E-state index in [4.69, 9.17) is 13.4 Å². The van der Waals surface area contributed by atoms with Crippen LogP contribution in [0.15, 0.2) is 68.2 Å². The molecule has 0 aliphatic rings. The maximum Gasteiger partial charge on any atom is 0.273 e. The fourth-order valence-corrected chi connectivity index (χ4v) is 2.19. The number of nitrogens with zero attached hydrogens (tertiary/aromatic N) is 3. The molecule has 1 amide bonds. The summed E-state index contributed by atoms with van der Waals surface area (Å²) >= 11 is 0. The lowest BCUT2D eigenvalue weighted by Gasteiger charge is -1.97. The molecule has 0 saturated heterocycles. The van der Waals surface area contributed by atoms with Crippen molar-refractivity contribution < 1.29 is 18.2 Å². The Kier molecular flexibility index (Phi) is 3.83. The van der Waals surface area contributed by atoms with E-state index in [2.05, 4.69) is 20.7 Å². The molecule has 25 heavy (non-hydrogen) atoms. The van der Waals surface area contributed by atoms with Gasteiger partial charge in [-0.2, -0.15) is 0 Å². The lowest BCUT2D eigenvalue weighted by Crippen LogP contribution is -2.23. The summed E-state index contributed by atoms with van der Waals surface area (Å²) in [7, 11) is 0. The molecule has 4 rings (SSSR count). The molecule has 0 spiro atoms. The summed E-state index contributed by atoms with van der Waals surface area (Å²) < 4.78 is 15.8. The number of aromatic nitrogens is 3. The molecule has 8 heteroatoms. The van der Waals surface area contributed by atoms with Crippen LogP contribution in [0.2, 0.25) is 0 Å². The zero-order valence-corrected chi connectivity index (χ0v) is 12.9. The Balaban J connectivity index is 1.40. The van der Waals surface area contributed by atoms with Gasteiger partial charge in [-0.25, -0.2) is 0 Å². The molecule has 4 aromatic rings. The summed E-state index contributed by atoms with van der Waals surface area (Å²) in [4.78, 5) is 12.1. The van der Waals surface area contributed by atoms with Gasteiger partial charge in [-0.05, 0) is 24.3 Å². The van der Waals surface area contributed by atoms with Crippen LogP contribution < -0.4 is 5.32 Å². The predicted molar refractivity (Wildman–Crippen MR) is 85.1 cm³/mol. The number of nitrogens with one attached hydrogen (secondary N) is 1. The zero-order valence-electron chi connectivity index (χ0n) is 12.9. The van der Waals surface area contributed by atoms with Crippen LogP contribution in [0.4, 0.5) is 0 Å². The molecule has 0 aliphatic carbocycles. The minimum absolute atomic E-state index is 0.0849. The van der Waals surface area contributed by atoms with Crippen LogP contribution in [0.5, 0.6) is 0 Å². The van der Waals surface area contributed by atoms with Crippen molar-refractivity contribution in [1.82, 2.24) is 20.7 Å². The Morgan fingerprint density at radius 1 is 1.04 bits per heavy atom. The van der Waals surface area contributed by atoms with Crippen LogP contribution >= 0.6 is 0 Å². The van der Waals surface area contributed by atoms with Gasteiger partial charge in [-0.15, -0.1) is 10.2 Å². The first kappa shape index (κ1) is 14.9. The number of carbonyl (C=O) groups excluding carboxylic acids is 1. The van der Waals surface area contributed by atoms with E-state index in [0.29, 0.717) is 23.3 Å². The molecule has 0 radical (unpaired) electrons. The second-order valence-electron chi connectivity index (χ2n) is 5.10. The lowest BCUT2D eigenvalue weighted by molar-refractivity contribution is 0.0938. The minimum atomic E-state index is -0.416. The normalized spacial score (nSPS) is 10.7. The average Bonchev–Trinajstić information content (AvgIpc) is 3.41. The maximum absolute atomic E-state index is 12.1. The number of furan rings is 1. The minimum Gasteiger partial charge on any atom is -0.461 e. The molecule has 0 fully saturated rings. The number of carbonyl (C=O) groups is 1. The van der Waals surface area contributed by atoms with Gasteiger partial charge in [0, 0.05) is 11.6 Å². The predicted octanol–water partition coefficient (Wildman–Crippen LogP) is 2.91. The number of benzene rings is 1. The second-order valence-corrected chi connectivity index (χ2v) is 5.10. The average molecular weight is 336 g/mol. The molecule has 1 N–H and O–H groups in total. The molecule has 0 atom stereocenters. The molecular weight excluding hydrogens is 324 g/mol. The third-order valence-electron chi connectivity index (χ3n) is 3.39. The number of amides is 1. The highest BCUT2D eigenvalue weighted by Crippen LogP contribution is 2.20. The number of hydrogen-bond acceptors (Lipinski definition) is 7. The van der Waals surface area contributed by atoms with Crippen LogP contribution in [0.1, 0.15) is 16.4 Å².